The van der Waals surface area contributed by atoms with E-state index in [0.717, 1.165) is 23.8 Å². The van der Waals surface area contributed by atoms with Gasteiger partial charge in [0.25, 0.3) is 0 Å². The van der Waals surface area contributed by atoms with Crippen LogP contribution in [0.1, 0.15) is 46.5 Å². The molecule has 0 amide bonds. The van der Waals surface area contributed by atoms with Gasteiger partial charge in [-0.25, -0.2) is 0 Å². The molecule has 0 spiro atoms. The van der Waals surface area contributed by atoms with Crippen LogP contribution in [0, 0.1) is 5.92 Å². The molecule has 0 saturated carbocycles. The monoisotopic (exact) mass is 215 g/mol. The van der Waals surface area contributed by atoms with Gasteiger partial charge >= 0.3 is 0 Å². The van der Waals surface area contributed by atoms with Crippen molar-refractivity contribution in [1.29, 1.82) is 0 Å². The molecule has 1 saturated heterocycles. The van der Waals surface area contributed by atoms with E-state index in [-0.39, 0.29) is 0 Å². The van der Waals surface area contributed by atoms with Gasteiger partial charge in [0.05, 0.1) is 0 Å². The predicted octanol–water partition coefficient (Wildman–Crippen LogP) is 3.21. The van der Waals surface area contributed by atoms with Gasteiger partial charge in [-0.1, -0.05) is 19.8 Å². The highest BCUT2D eigenvalue weighted by Crippen LogP contribution is 2.24. The molecule has 0 bridgehead atoms. The Morgan fingerprint density at radius 2 is 1.86 bits per heavy atom. The summed E-state index contributed by atoms with van der Waals surface area (Å²) in [5.74, 6) is 1.81. The molecule has 0 aromatic rings. The fourth-order valence-corrected chi connectivity index (χ4v) is 2.82. The summed E-state index contributed by atoms with van der Waals surface area (Å²) in [4.78, 5) is 2.69. The molecule has 3 unspecified atom stereocenters. The highest BCUT2D eigenvalue weighted by Gasteiger charge is 2.25. The first-order valence-electron chi connectivity index (χ1n) is 6.05. The molecule has 84 valence electrons. The number of rotatable bonds is 4. The number of piperidine rings is 1. The highest BCUT2D eigenvalue weighted by molar-refractivity contribution is 7.80. The molecular formula is C12H25NS. The summed E-state index contributed by atoms with van der Waals surface area (Å²) < 4.78 is 0. The Morgan fingerprint density at radius 1 is 1.29 bits per heavy atom. The van der Waals surface area contributed by atoms with Crippen molar-refractivity contribution in [3.63, 3.8) is 0 Å². The number of hydrogen-bond acceptors (Lipinski definition) is 2. The lowest BCUT2D eigenvalue weighted by Crippen LogP contribution is -2.46. The quantitative estimate of drug-likeness (QED) is 0.705. The van der Waals surface area contributed by atoms with Gasteiger partial charge in [0.15, 0.2) is 0 Å². The Hall–Kier alpha value is 0.310. The van der Waals surface area contributed by atoms with E-state index in [4.69, 9.17) is 0 Å². The zero-order valence-corrected chi connectivity index (χ0v) is 10.8. The largest absolute Gasteiger partial charge is 0.298 e. The fourth-order valence-electron chi connectivity index (χ4n) is 2.45. The van der Waals surface area contributed by atoms with E-state index in [1.807, 2.05) is 0 Å². The first-order valence-corrected chi connectivity index (χ1v) is 6.68. The Labute approximate surface area is 94.7 Å². The van der Waals surface area contributed by atoms with E-state index < -0.39 is 0 Å². The first-order chi connectivity index (χ1) is 6.69. The van der Waals surface area contributed by atoms with E-state index in [9.17, 15) is 0 Å². The van der Waals surface area contributed by atoms with E-state index in [1.54, 1.807) is 0 Å². The zero-order valence-electron chi connectivity index (χ0n) is 9.87. The van der Waals surface area contributed by atoms with Crippen molar-refractivity contribution in [3.05, 3.63) is 0 Å². The lowest BCUT2D eigenvalue weighted by atomic mass is 9.95. The maximum atomic E-state index is 4.43. The van der Waals surface area contributed by atoms with Gasteiger partial charge in [0.1, 0.15) is 0 Å². The van der Waals surface area contributed by atoms with Crippen LogP contribution in [-0.2, 0) is 0 Å². The first kappa shape index (κ1) is 12.4. The molecule has 1 aliphatic heterocycles. The second-order valence-electron chi connectivity index (χ2n) is 4.78. The third-order valence-electron chi connectivity index (χ3n) is 3.68. The Balaban J connectivity index is 2.46. The van der Waals surface area contributed by atoms with Crippen LogP contribution in [0.2, 0.25) is 0 Å². The van der Waals surface area contributed by atoms with Gasteiger partial charge in [-0.15, -0.1) is 0 Å². The van der Waals surface area contributed by atoms with Crippen molar-refractivity contribution in [2.75, 3.05) is 12.3 Å². The minimum atomic E-state index is 0.779. The van der Waals surface area contributed by atoms with Gasteiger partial charge in [-0.2, -0.15) is 12.6 Å². The second kappa shape index (κ2) is 6.02. The minimum absolute atomic E-state index is 0.779. The molecule has 0 aromatic carbocycles. The van der Waals surface area contributed by atoms with Gasteiger partial charge in [-0.3, -0.25) is 4.90 Å². The van der Waals surface area contributed by atoms with Gasteiger partial charge in [0.2, 0.25) is 0 Å². The summed E-state index contributed by atoms with van der Waals surface area (Å²) in [7, 11) is 0. The van der Waals surface area contributed by atoms with Gasteiger partial charge < -0.3 is 0 Å². The van der Waals surface area contributed by atoms with Crippen LogP contribution in [0.4, 0.5) is 0 Å². The van der Waals surface area contributed by atoms with Crippen molar-refractivity contribution < 1.29 is 0 Å². The lowest BCUT2D eigenvalue weighted by Gasteiger charge is -2.40. The van der Waals surface area contributed by atoms with Crippen LogP contribution in [0.3, 0.4) is 0 Å². The van der Waals surface area contributed by atoms with Crippen molar-refractivity contribution in [2.24, 2.45) is 5.92 Å². The third-order valence-corrected chi connectivity index (χ3v) is 4.20. The SMILES string of the molecule is CCC(CS)CN1C(C)CCCC1C. The smallest absolute Gasteiger partial charge is 0.00698 e. The van der Waals surface area contributed by atoms with E-state index in [1.165, 1.54) is 32.2 Å². The van der Waals surface area contributed by atoms with E-state index >= 15 is 0 Å². The zero-order chi connectivity index (χ0) is 10.6. The lowest BCUT2D eigenvalue weighted by molar-refractivity contribution is 0.0871. The van der Waals surface area contributed by atoms with Gasteiger partial charge in [0, 0.05) is 18.6 Å². The van der Waals surface area contributed by atoms with Crippen LogP contribution < -0.4 is 0 Å². The van der Waals surface area contributed by atoms with Crippen molar-refractivity contribution in [3.8, 4) is 0 Å². The van der Waals surface area contributed by atoms with E-state index in [0.29, 0.717) is 0 Å². The molecule has 1 nitrogen and oxygen atoms in total. The van der Waals surface area contributed by atoms with Crippen molar-refractivity contribution >= 4 is 12.6 Å². The molecule has 0 N–H and O–H groups in total. The normalized spacial score (nSPS) is 31.7. The molecule has 1 rings (SSSR count). The van der Waals surface area contributed by atoms with Crippen molar-refractivity contribution in [2.45, 2.75) is 58.5 Å². The molecular weight excluding hydrogens is 190 g/mol. The maximum absolute atomic E-state index is 4.43. The number of thiol groups is 1. The maximum Gasteiger partial charge on any atom is 0.00698 e. The van der Waals surface area contributed by atoms with Crippen LogP contribution in [0.25, 0.3) is 0 Å². The van der Waals surface area contributed by atoms with Crippen LogP contribution >= 0.6 is 12.6 Å². The molecule has 1 heterocycles. The Bertz CT molecular complexity index is 146. The summed E-state index contributed by atoms with van der Waals surface area (Å²) in [6.45, 7) is 8.28. The fraction of sp³-hybridized carbons (Fsp3) is 1.00. The molecule has 3 atom stereocenters. The Kier molecular flexibility index (Phi) is 5.32. The van der Waals surface area contributed by atoms with Crippen LogP contribution in [-0.4, -0.2) is 29.3 Å². The number of hydrogen-bond donors (Lipinski definition) is 1. The summed E-state index contributed by atoms with van der Waals surface area (Å²) in [5, 5.41) is 0. The average Bonchev–Trinajstić information content (AvgIpc) is 2.18. The van der Waals surface area contributed by atoms with Crippen molar-refractivity contribution in [1.82, 2.24) is 4.90 Å². The van der Waals surface area contributed by atoms with Gasteiger partial charge in [-0.05, 0) is 38.4 Å². The number of likely N-dealkylation sites (tertiary alicyclic amines) is 1. The molecule has 1 fully saturated rings. The predicted molar refractivity (Wildman–Crippen MR) is 67.1 cm³/mol. The highest BCUT2D eigenvalue weighted by atomic mass is 32.1. The molecule has 1 aliphatic rings. The minimum Gasteiger partial charge on any atom is -0.298 e. The topological polar surface area (TPSA) is 3.24 Å². The van der Waals surface area contributed by atoms with Crippen LogP contribution in [0.5, 0.6) is 0 Å². The molecule has 0 radical (unpaired) electrons. The third kappa shape index (κ3) is 3.16. The number of nitrogens with zero attached hydrogens (tertiary/aromatic N) is 1. The van der Waals surface area contributed by atoms with Crippen LogP contribution in [0.15, 0.2) is 0 Å². The summed E-state index contributed by atoms with van der Waals surface area (Å²) >= 11 is 4.43. The Morgan fingerprint density at radius 3 is 2.29 bits per heavy atom. The average molecular weight is 215 g/mol. The van der Waals surface area contributed by atoms with E-state index in [2.05, 4.69) is 38.3 Å². The molecule has 2 heteroatoms. The standard InChI is InChI=1S/C12H25NS/c1-4-12(9-14)8-13-10(2)6-5-7-11(13)3/h10-12,14H,4-9H2,1-3H3. The molecule has 14 heavy (non-hydrogen) atoms. The summed E-state index contributed by atoms with van der Waals surface area (Å²) in [5.41, 5.74) is 0. The second-order valence-corrected chi connectivity index (χ2v) is 5.15. The molecule has 0 aliphatic carbocycles. The summed E-state index contributed by atoms with van der Waals surface area (Å²) in [6, 6.07) is 1.57. The molecule has 0 aromatic heterocycles. The summed E-state index contributed by atoms with van der Waals surface area (Å²) in [6.07, 6.45) is 5.44.